The highest BCUT2D eigenvalue weighted by Gasteiger charge is 2.26. The Morgan fingerprint density at radius 3 is 2.41 bits per heavy atom. The number of anilines is 1. The molecule has 5 nitrogen and oxygen atoms in total. The monoisotopic (exact) mass is 380 g/mol. The van der Waals surface area contributed by atoms with Crippen LogP contribution in [-0.2, 0) is 9.53 Å². The number of esters is 1. The Morgan fingerprint density at radius 1 is 1.04 bits per heavy atom. The fraction of sp³-hybridized carbons (Fsp3) is 0.0952. The van der Waals surface area contributed by atoms with Crippen LogP contribution in [0.5, 0.6) is 0 Å². The molecule has 0 aliphatic carbocycles. The van der Waals surface area contributed by atoms with Gasteiger partial charge in [-0.05, 0) is 31.2 Å². The molecule has 0 radical (unpaired) electrons. The first-order chi connectivity index (χ1) is 13.0. The van der Waals surface area contributed by atoms with Gasteiger partial charge in [-0.2, -0.15) is 0 Å². The molecule has 6 heteroatoms. The number of halogens is 1. The Bertz CT molecular complexity index is 943. The quantitative estimate of drug-likeness (QED) is 0.658. The van der Waals surface area contributed by atoms with Gasteiger partial charge in [0.05, 0.1) is 0 Å². The number of nitrogens with one attached hydrogen (secondary N) is 1. The summed E-state index contributed by atoms with van der Waals surface area (Å²) in [4.78, 5) is 29.2. The van der Waals surface area contributed by atoms with Crippen molar-refractivity contribution in [1.82, 2.24) is 4.98 Å². The highest BCUT2D eigenvalue weighted by molar-refractivity contribution is 6.30. The van der Waals surface area contributed by atoms with Gasteiger partial charge in [0.1, 0.15) is 5.69 Å². The topological polar surface area (TPSA) is 68.3 Å². The van der Waals surface area contributed by atoms with Gasteiger partial charge in [0.25, 0.3) is 5.91 Å². The van der Waals surface area contributed by atoms with Crippen molar-refractivity contribution in [1.29, 1.82) is 0 Å². The number of hydrogen-bond donors (Lipinski definition) is 1. The van der Waals surface area contributed by atoms with E-state index < -0.39 is 18.0 Å². The molecule has 0 fully saturated rings. The normalized spacial score (nSPS) is 11.5. The van der Waals surface area contributed by atoms with Crippen LogP contribution < -0.4 is 5.32 Å². The molecule has 1 heterocycles. The molecule has 3 rings (SSSR count). The molecular formula is C21H17ClN2O3. The number of carbonyl (C=O) groups is 2. The molecule has 0 unspecified atom stereocenters. The standard InChI is InChI=1S/C21H17ClN2O3/c1-14-7-9-17(10-8-14)24-20(25)19(15-5-3-2-4-6-15)27-21(26)18-13-16(22)11-12-23-18/h2-13,19H,1H3,(H,24,25)/t19-/m1/s1. The average molecular weight is 381 g/mol. The Morgan fingerprint density at radius 2 is 1.74 bits per heavy atom. The molecular weight excluding hydrogens is 364 g/mol. The van der Waals surface area contributed by atoms with Crippen LogP contribution in [0.1, 0.15) is 27.7 Å². The third kappa shape index (κ3) is 4.92. The van der Waals surface area contributed by atoms with Crippen molar-refractivity contribution in [2.45, 2.75) is 13.0 Å². The predicted molar refractivity (Wildman–Crippen MR) is 104 cm³/mol. The summed E-state index contributed by atoms with van der Waals surface area (Å²) in [5.41, 5.74) is 2.28. The minimum Gasteiger partial charge on any atom is -0.443 e. The van der Waals surface area contributed by atoms with Gasteiger partial charge in [-0.25, -0.2) is 9.78 Å². The van der Waals surface area contributed by atoms with E-state index in [1.165, 1.54) is 12.3 Å². The minimum absolute atomic E-state index is 0.0339. The lowest BCUT2D eigenvalue weighted by Gasteiger charge is -2.18. The zero-order chi connectivity index (χ0) is 19.2. The molecule has 3 aromatic rings. The molecule has 2 aromatic carbocycles. The van der Waals surface area contributed by atoms with Crippen LogP contribution in [0.4, 0.5) is 5.69 Å². The van der Waals surface area contributed by atoms with Crippen molar-refractivity contribution in [3.63, 3.8) is 0 Å². The maximum atomic E-state index is 12.8. The van der Waals surface area contributed by atoms with Crippen molar-refractivity contribution < 1.29 is 14.3 Å². The van der Waals surface area contributed by atoms with Crippen molar-refractivity contribution >= 4 is 29.2 Å². The highest BCUT2D eigenvalue weighted by atomic mass is 35.5. The average Bonchev–Trinajstić information content (AvgIpc) is 2.68. The molecule has 0 spiro atoms. The van der Waals surface area contributed by atoms with Gasteiger partial charge < -0.3 is 10.1 Å². The Balaban J connectivity index is 1.83. The number of carbonyl (C=O) groups excluding carboxylic acids is 2. The molecule has 1 aromatic heterocycles. The number of ether oxygens (including phenoxy) is 1. The lowest BCUT2D eigenvalue weighted by molar-refractivity contribution is -0.125. The molecule has 1 atom stereocenters. The second-order valence-electron chi connectivity index (χ2n) is 5.91. The van der Waals surface area contributed by atoms with Crippen LogP contribution in [-0.4, -0.2) is 16.9 Å². The summed E-state index contributed by atoms with van der Waals surface area (Å²) >= 11 is 5.90. The molecule has 1 N–H and O–H groups in total. The number of nitrogens with zero attached hydrogens (tertiary/aromatic N) is 1. The number of pyridine rings is 1. The van der Waals surface area contributed by atoms with E-state index in [0.717, 1.165) is 5.56 Å². The van der Waals surface area contributed by atoms with Crippen molar-refractivity contribution in [2.75, 3.05) is 5.32 Å². The first kappa shape index (κ1) is 18.6. The third-order valence-electron chi connectivity index (χ3n) is 3.82. The molecule has 0 saturated carbocycles. The smallest absolute Gasteiger partial charge is 0.358 e. The number of aryl methyl sites for hydroxylation is 1. The Hall–Kier alpha value is -3.18. The van der Waals surface area contributed by atoms with Crippen molar-refractivity contribution in [3.8, 4) is 0 Å². The fourth-order valence-electron chi connectivity index (χ4n) is 2.43. The largest absolute Gasteiger partial charge is 0.443 e. The zero-order valence-electron chi connectivity index (χ0n) is 14.6. The number of hydrogen-bond acceptors (Lipinski definition) is 4. The number of aromatic nitrogens is 1. The van der Waals surface area contributed by atoms with Crippen LogP contribution in [0, 0.1) is 6.92 Å². The molecule has 0 aliphatic heterocycles. The Kier molecular flexibility index (Phi) is 5.84. The first-order valence-electron chi connectivity index (χ1n) is 8.28. The van der Waals surface area contributed by atoms with E-state index in [2.05, 4.69) is 10.3 Å². The summed E-state index contributed by atoms with van der Waals surface area (Å²) in [5, 5.41) is 3.13. The summed E-state index contributed by atoms with van der Waals surface area (Å²) in [7, 11) is 0. The van der Waals surface area contributed by atoms with Crippen LogP contribution in [0.2, 0.25) is 5.02 Å². The molecule has 27 heavy (non-hydrogen) atoms. The lowest BCUT2D eigenvalue weighted by atomic mass is 10.1. The van der Waals surface area contributed by atoms with E-state index in [4.69, 9.17) is 16.3 Å². The maximum absolute atomic E-state index is 12.8. The van der Waals surface area contributed by atoms with E-state index in [1.54, 1.807) is 42.5 Å². The summed E-state index contributed by atoms with van der Waals surface area (Å²) in [5.74, 6) is -1.19. The summed E-state index contributed by atoms with van der Waals surface area (Å²) in [6.07, 6.45) is 0.281. The van der Waals surface area contributed by atoms with E-state index >= 15 is 0 Å². The summed E-state index contributed by atoms with van der Waals surface area (Å²) in [6, 6.07) is 19.1. The van der Waals surface area contributed by atoms with Gasteiger partial charge in [-0.15, -0.1) is 0 Å². The van der Waals surface area contributed by atoms with Gasteiger partial charge in [0.2, 0.25) is 6.10 Å². The van der Waals surface area contributed by atoms with Gasteiger partial charge >= 0.3 is 5.97 Å². The Labute approximate surface area is 162 Å². The minimum atomic E-state index is -1.12. The zero-order valence-corrected chi connectivity index (χ0v) is 15.3. The molecule has 1 amide bonds. The van der Waals surface area contributed by atoms with Crippen molar-refractivity contribution in [3.05, 3.63) is 94.8 Å². The van der Waals surface area contributed by atoms with Crippen LogP contribution in [0.3, 0.4) is 0 Å². The second-order valence-corrected chi connectivity index (χ2v) is 6.35. The lowest BCUT2D eigenvalue weighted by Crippen LogP contribution is -2.26. The molecule has 0 aliphatic rings. The van der Waals surface area contributed by atoms with Crippen LogP contribution in [0.15, 0.2) is 72.9 Å². The van der Waals surface area contributed by atoms with Crippen LogP contribution >= 0.6 is 11.6 Å². The van der Waals surface area contributed by atoms with E-state index in [9.17, 15) is 9.59 Å². The number of rotatable bonds is 5. The predicted octanol–water partition coefficient (Wildman–Crippen LogP) is 4.58. The van der Waals surface area contributed by atoms with Crippen LogP contribution in [0.25, 0.3) is 0 Å². The first-order valence-corrected chi connectivity index (χ1v) is 8.66. The van der Waals surface area contributed by atoms with Gasteiger partial charge in [0.15, 0.2) is 0 Å². The SMILES string of the molecule is Cc1ccc(NC(=O)[C@H](OC(=O)c2cc(Cl)ccn2)c2ccccc2)cc1. The van der Waals surface area contributed by atoms with E-state index in [-0.39, 0.29) is 5.69 Å². The van der Waals surface area contributed by atoms with Gasteiger partial charge in [0, 0.05) is 22.5 Å². The van der Waals surface area contributed by atoms with E-state index in [1.807, 2.05) is 25.1 Å². The number of benzene rings is 2. The van der Waals surface area contributed by atoms with Crippen molar-refractivity contribution in [2.24, 2.45) is 0 Å². The highest BCUT2D eigenvalue weighted by Crippen LogP contribution is 2.22. The third-order valence-corrected chi connectivity index (χ3v) is 4.05. The van der Waals surface area contributed by atoms with E-state index in [0.29, 0.717) is 16.3 Å². The second kappa shape index (κ2) is 8.47. The molecule has 136 valence electrons. The fourth-order valence-corrected chi connectivity index (χ4v) is 2.59. The molecule has 0 saturated heterocycles. The van der Waals surface area contributed by atoms with Gasteiger partial charge in [-0.3, -0.25) is 4.79 Å². The maximum Gasteiger partial charge on any atom is 0.358 e. The molecule has 0 bridgehead atoms. The summed E-state index contributed by atoms with van der Waals surface area (Å²) in [6.45, 7) is 1.96. The number of amides is 1. The van der Waals surface area contributed by atoms with Gasteiger partial charge in [-0.1, -0.05) is 59.6 Å². The summed E-state index contributed by atoms with van der Waals surface area (Å²) < 4.78 is 5.46.